The summed E-state index contributed by atoms with van der Waals surface area (Å²) in [4.78, 5) is 51.4. The monoisotopic (exact) mass is 486 g/mol. The Labute approximate surface area is 202 Å². The van der Waals surface area contributed by atoms with Gasteiger partial charge in [0.15, 0.2) is 11.5 Å². The average Bonchev–Trinajstić information content (AvgIpc) is 3.62. The first-order valence-corrected chi connectivity index (χ1v) is 11.8. The lowest BCUT2D eigenvalue weighted by Gasteiger charge is -2.40. The first kappa shape index (κ1) is 24.9. The number of ether oxygens (including phenoxy) is 2. The molecule has 188 valence electrons. The van der Waals surface area contributed by atoms with Crippen molar-refractivity contribution in [3.63, 3.8) is 0 Å². The number of benzene rings is 1. The molecule has 1 aromatic carbocycles. The SMILES string of the molecule is CCC(=O)C(=O)N(CC1CC1)C1C=C(C(=O)NCCO)C2c3cc(C=O)cc(OC)c3OC2C1O. The number of carbonyl (C=O) groups is 4. The molecule has 4 rings (SSSR count). The average molecular weight is 487 g/mol. The number of carbonyl (C=O) groups excluding carboxylic acids is 4. The third-order valence-electron chi connectivity index (χ3n) is 6.74. The molecule has 1 fully saturated rings. The van der Waals surface area contributed by atoms with Crippen molar-refractivity contribution < 1.29 is 38.9 Å². The molecule has 35 heavy (non-hydrogen) atoms. The number of aliphatic hydroxyl groups excluding tert-OH is 2. The van der Waals surface area contributed by atoms with E-state index < -0.39 is 41.8 Å². The lowest BCUT2D eigenvalue weighted by atomic mass is 9.77. The summed E-state index contributed by atoms with van der Waals surface area (Å²) in [6.45, 7) is 1.62. The Balaban J connectivity index is 1.81. The number of hydrogen-bond donors (Lipinski definition) is 3. The van der Waals surface area contributed by atoms with Crippen LogP contribution < -0.4 is 14.8 Å². The van der Waals surface area contributed by atoms with Crippen molar-refractivity contribution in [2.75, 3.05) is 26.8 Å². The predicted molar refractivity (Wildman–Crippen MR) is 123 cm³/mol. The molecule has 4 atom stereocenters. The van der Waals surface area contributed by atoms with Crippen molar-refractivity contribution in [2.45, 2.75) is 50.4 Å². The maximum absolute atomic E-state index is 13.2. The van der Waals surface area contributed by atoms with Gasteiger partial charge in [0.1, 0.15) is 18.5 Å². The van der Waals surface area contributed by atoms with Crippen LogP contribution in [0.15, 0.2) is 23.8 Å². The fraction of sp³-hybridized carbons (Fsp3) is 0.520. The van der Waals surface area contributed by atoms with Gasteiger partial charge in [-0.3, -0.25) is 19.2 Å². The number of nitrogens with zero attached hydrogens (tertiary/aromatic N) is 1. The van der Waals surface area contributed by atoms with Crippen molar-refractivity contribution >= 4 is 23.9 Å². The van der Waals surface area contributed by atoms with E-state index >= 15 is 0 Å². The molecular weight excluding hydrogens is 456 g/mol. The van der Waals surface area contributed by atoms with Gasteiger partial charge < -0.3 is 29.9 Å². The normalized spacial score (nSPS) is 24.4. The second-order valence-corrected chi connectivity index (χ2v) is 9.08. The highest BCUT2D eigenvalue weighted by molar-refractivity contribution is 6.36. The number of aldehydes is 1. The standard InChI is InChI=1S/C25H30N2O8/c1-3-18(30)25(33)27(11-13-4-5-13)17-10-16(24(32)26-6-7-28)20-15-8-14(12-29)9-19(34-2)22(15)35-23(20)21(17)31/h8-10,12-13,17,20-21,23,28,31H,3-7,11H2,1-2H3,(H,26,32). The molecule has 3 aliphatic rings. The van der Waals surface area contributed by atoms with Gasteiger partial charge in [0.2, 0.25) is 11.7 Å². The van der Waals surface area contributed by atoms with Gasteiger partial charge in [-0.05, 0) is 37.0 Å². The van der Waals surface area contributed by atoms with Gasteiger partial charge in [-0.15, -0.1) is 0 Å². The second-order valence-electron chi connectivity index (χ2n) is 9.08. The molecule has 0 aromatic heterocycles. The Bertz CT molecular complexity index is 1060. The van der Waals surface area contributed by atoms with E-state index in [1.807, 2.05) is 0 Å². The summed E-state index contributed by atoms with van der Waals surface area (Å²) in [6.07, 6.45) is 1.81. The van der Waals surface area contributed by atoms with Crippen LogP contribution in [0, 0.1) is 5.92 Å². The van der Waals surface area contributed by atoms with E-state index in [1.165, 1.54) is 24.2 Å². The number of rotatable bonds is 10. The van der Waals surface area contributed by atoms with Crippen LogP contribution in [0.4, 0.5) is 0 Å². The predicted octanol–water partition coefficient (Wildman–Crippen LogP) is 0.348. The summed E-state index contributed by atoms with van der Waals surface area (Å²) in [5.74, 6) is -1.71. The third-order valence-corrected chi connectivity index (χ3v) is 6.74. The quantitative estimate of drug-likeness (QED) is 0.318. The highest BCUT2D eigenvalue weighted by atomic mass is 16.5. The topological polar surface area (TPSA) is 142 Å². The van der Waals surface area contributed by atoms with Crippen LogP contribution in [-0.2, 0) is 14.4 Å². The minimum absolute atomic E-state index is 0.00519. The number of nitrogens with one attached hydrogen (secondary N) is 1. The number of fused-ring (bicyclic) bond motifs is 3. The van der Waals surface area contributed by atoms with E-state index in [0.29, 0.717) is 23.2 Å². The van der Waals surface area contributed by atoms with Crippen LogP contribution >= 0.6 is 0 Å². The molecule has 2 aliphatic carbocycles. The van der Waals surface area contributed by atoms with Crippen LogP contribution in [0.3, 0.4) is 0 Å². The smallest absolute Gasteiger partial charge is 0.290 e. The fourth-order valence-electron chi connectivity index (χ4n) is 4.79. The molecule has 1 saturated carbocycles. The molecule has 0 saturated heterocycles. The molecular formula is C25H30N2O8. The zero-order valence-electron chi connectivity index (χ0n) is 19.7. The summed E-state index contributed by atoms with van der Waals surface area (Å²) in [5.41, 5.74) is 1.04. The number of methoxy groups -OCH3 is 1. The minimum atomic E-state index is -1.25. The van der Waals surface area contributed by atoms with Crippen LogP contribution in [0.5, 0.6) is 11.5 Å². The molecule has 10 heteroatoms. The maximum atomic E-state index is 13.2. The first-order valence-electron chi connectivity index (χ1n) is 11.8. The Morgan fingerprint density at radius 1 is 1.29 bits per heavy atom. The molecule has 2 amide bonds. The third kappa shape index (κ3) is 4.68. The molecule has 1 aliphatic heterocycles. The zero-order chi connectivity index (χ0) is 25.3. The van der Waals surface area contributed by atoms with Crippen LogP contribution in [0.25, 0.3) is 0 Å². The Morgan fingerprint density at radius 3 is 2.63 bits per heavy atom. The highest BCUT2D eigenvalue weighted by Gasteiger charge is 2.52. The Morgan fingerprint density at radius 2 is 2.03 bits per heavy atom. The molecule has 0 radical (unpaired) electrons. The van der Waals surface area contributed by atoms with Crippen molar-refractivity contribution in [3.05, 3.63) is 34.9 Å². The van der Waals surface area contributed by atoms with Gasteiger partial charge in [0.25, 0.3) is 5.91 Å². The summed E-state index contributed by atoms with van der Waals surface area (Å²) in [7, 11) is 1.42. The van der Waals surface area contributed by atoms with Crippen LogP contribution in [0.1, 0.15) is 48.0 Å². The van der Waals surface area contributed by atoms with E-state index in [0.717, 1.165) is 12.8 Å². The lowest BCUT2D eigenvalue weighted by Crippen LogP contribution is -2.57. The molecule has 0 spiro atoms. The van der Waals surface area contributed by atoms with Crippen molar-refractivity contribution in [1.29, 1.82) is 0 Å². The van der Waals surface area contributed by atoms with Gasteiger partial charge in [-0.25, -0.2) is 0 Å². The van der Waals surface area contributed by atoms with Gasteiger partial charge in [0.05, 0.1) is 25.7 Å². The number of amides is 2. The Hall–Kier alpha value is -3.24. The summed E-state index contributed by atoms with van der Waals surface area (Å²) < 4.78 is 11.5. The maximum Gasteiger partial charge on any atom is 0.290 e. The summed E-state index contributed by atoms with van der Waals surface area (Å²) in [5, 5.41) is 23.3. The van der Waals surface area contributed by atoms with E-state index in [4.69, 9.17) is 9.47 Å². The lowest BCUT2D eigenvalue weighted by molar-refractivity contribution is -0.148. The Kier molecular flexibility index (Phi) is 7.23. The van der Waals surface area contributed by atoms with Gasteiger partial charge >= 0.3 is 0 Å². The van der Waals surface area contributed by atoms with Crippen molar-refractivity contribution in [1.82, 2.24) is 10.2 Å². The molecule has 3 N–H and O–H groups in total. The van der Waals surface area contributed by atoms with E-state index in [1.54, 1.807) is 13.0 Å². The van der Waals surface area contributed by atoms with Gasteiger partial charge in [0, 0.05) is 36.2 Å². The van der Waals surface area contributed by atoms with Crippen LogP contribution in [-0.4, -0.2) is 84.1 Å². The molecule has 0 bridgehead atoms. The number of Topliss-reactive ketones (excluding diaryl/α,β-unsaturated/α-hetero) is 1. The van der Waals surface area contributed by atoms with Gasteiger partial charge in [-0.2, -0.15) is 0 Å². The zero-order valence-corrected chi connectivity index (χ0v) is 19.7. The number of aliphatic hydroxyl groups is 2. The van der Waals surface area contributed by atoms with Crippen LogP contribution in [0.2, 0.25) is 0 Å². The summed E-state index contributed by atoms with van der Waals surface area (Å²) >= 11 is 0. The van der Waals surface area contributed by atoms with Crippen molar-refractivity contribution in [3.8, 4) is 11.5 Å². The molecule has 4 unspecified atom stereocenters. The summed E-state index contributed by atoms with van der Waals surface area (Å²) in [6, 6.07) is 2.12. The van der Waals surface area contributed by atoms with Crippen molar-refractivity contribution in [2.24, 2.45) is 5.92 Å². The highest BCUT2D eigenvalue weighted by Crippen LogP contribution is 2.51. The molecule has 1 aromatic rings. The minimum Gasteiger partial charge on any atom is -0.493 e. The number of ketones is 1. The second kappa shape index (κ2) is 10.2. The van der Waals surface area contributed by atoms with E-state index in [-0.39, 0.29) is 43.4 Å². The fourth-order valence-corrected chi connectivity index (χ4v) is 4.79. The first-order chi connectivity index (χ1) is 16.8. The molecule has 10 nitrogen and oxygen atoms in total. The van der Waals surface area contributed by atoms with E-state index in [9.17, 15) is 29.4 Å². The largest absolute Gasteiger partial charge is 0.493 e. The molecule has 1 heterocycles. The van der Waals surface area contributed by atoms with Gasteiger partial charge in [-0.1, -0.05) is 6.92 Å². The van der Waals surface area contributed by atoms with E-state index in [2.05, 4.69) is 5.32 Å². The number of hydrogen-bond acceptors (Lipinski definition) is 8.